The SMILES string of the molecule is c1ccc2c(c1)OCCN2CCN1CCNCC1. The Balaban J connectivity index is 1.60. The monoisotopic (exact) mass is 247 g/mol. The first-order chi connectivity index (χ1) is 8.93. The Morgan fingerprint density at radius 2 is 1.89 bits per heavy atom. The van der Waals surface area contributed by atoms with Gasteiger partial charge >= 0.3 is 0 Å². The van der Waals surface area contributed by atoms with Crippen LogP contribution in [0.15, 0.2) is 24.3 Å². The second-order valence-corrected chi connectivity index (χ2v) is 4.89. The Morgan fingerprint density at radius 3 is 2.78 bits per heavy atom. The largest absolute Gasteiger partial charge is 0.490 e. The van der Waals surface area contributed by atoms with Crippen LogP contribution in [0.25, 0.3) is 0 Å². The van der Waals surface area contributed by atoms with Gasteiger partial charge in [-0.05, 0) is 12.1 Å². The average Bonchev–Trinajstić information content (AvgIpc) is 2.46. The molecular weight excluding hydrogens is 226 g/mol. The normalized spacial score (nSPS) is 20.3. The zero-order chi connectivity index (χ0) is 12.2. The molecule has 1 fully saturated rings. The molecule has 1 aromatic rings. The number of rotatable bonds is 3. The molecule has 2 aliphatic rings. The zero-order valence-corrected chi connectivity index (χ0v) is 10.8. The van der Waals surface area contributed by atoms with Crippen LogP contribution in [0.4, 0.5) is 5.69 Å². The fourth-order valence-corrected chi connectivity index (χ4v) is 2.66. The molecule has 0 aromatic heterocycles. The first-order valence-electron chi connectivity index (χ1n) is 6.83. The van der Waals surface area contributed by atoms with Gasteiger partial charge in [-0.25, -0.2) is 0 Å². The fourth-order valence-electron chi connectivity index (χ4n) is 2.66. The Kier molecular flexibility index (Phi) is 3.67. The smallest absolute Gasteiger partial charge is 0.142 e. The van der Waals surface area contributed by atoms with E-state index in [0.29, 0.717) is 0 Å². The van der Waals surface area contributed by atoms with E-state index in [-0.39, 0.29) is 0 Å². The summed E-state index contributed by atoms with van der Waals surface area (Å²) >= 11 is 0. The number of fused-ring (bicyclic) bond motifs is 1. The number of ether oxygens (including phenoxy) is 1. The Morgan fingerprint density at radius 1 is 1.06 bits per heavy atom. The second-order valence-electron chi connectivity index (χ2n) is 4.89. The molecule has 18 heavy (non-hydrogen) atoms. The lowest BCUT2D eigenvalue weighted by atomic mass is 10.2. The van der Waals surface area contributed by atoms with E-state index >= 15 is 0 Å². The lowest BCUT2D eigenvalue weighted by molar-refractivity contribution is 0.240. The van der Waals surface area contributed by atoms with Gasteiger partial charge in [-0.2, -0.15) is 0 Å². The summed E-state index contributed by atoms with van der Waals surface area (Å²) in [7, 11) is 0. The summed E-state index contributed by atoms with van der Waals surface area (Å²) < 4.78 is 5.68. The molecular formula is C14H21N3O. The first-order valence-corrected chi connectivity index (χ1v) is 6.83. The number of piperazine rings is 1. The summed E-state index contributed by atoms with van der Waals surface area (Å²) in [6.45, 7) is 8.65. The zero-order valence-electron chi connectivity index (χ0n) is 10.8. The highest BCUT2D eigenvalue weighted by molar-refractivity contribution is 5.59. The van der Waals surface area contributed by atoms with Gasteiger partial charge in [-0.3, -0.25) is 4.90 Å². The van der Waals surface area contributed by atoms with Crippen molar-refractivity contribution in [2.24, 2.45) is 0 Å². The van der Waals surface area contributed by atoms with Gasteiger partial charge in [0, 0.05) is 39.3 Å². The van der Waals surface area contributed by atoms with Crippen LogP contribution < -0.4 is 15.0 Å². The summed E-state index contributed by atoms with van der Waals surface area (Å²) in [4.78, 5) is 4.98. The lowest BCUT2D eigenvalue weighted by Gasteiger charge is -2.34. The van der Waals surface area contributed by atoms with Gasteiger partial charge in [0.1, 0.15) is 12.4 Å². The number of para-hydroxylation sites is 2. The summed E-state index contributed by atoms with van der Waals surface area (Å²) in [6.07, 6.45) is 0. The van der Waals surface area contributed by atoms with Crippen LogP contribution in [0.5, 0.6) is 5.75 Å². The molecule has 0 unspecified atom stereocenters. The van der Waals surface area contributed by atoms with E-state index in [1.807, 2.05) is 6.07 Å². The van der Waals surface area contributed by atoms with E-state index in [4.69, 9.17) is 4.74 Å². The van der Waals surface area contributed by atoms with Crippen LogP contribution in [-0.4, -0.2) is 57.3 Å². The number of hydrogen-bond acceptors (Lipinski definition) is 4. The molecule has 3 rings (SSSR count). The number of nitrogens with zero attached hydrogens (tertiary/aromatic N) is 2. The van der Waals surface area contributed by atoms with Crippen molar-refractivity contribution in [1.82, 2.24) is 10.2 Å². The molecule has 4 nitrogen and oxygen atoms in total. The molecule has 98 valence electrons. The third-order valence-corrected chi connectivity index (χ3v) is 3.72. The van der Waals surface area contributed by atoms with Crippen LogP contribution in [-0.2, 0) is 0 Å². The first kappa shape index (κ1) is 11.8. The van der Waals surface area contributed by atoms with Crippen molar-refractivity contribution in [2.75, 3.05) is 57.3 Å². The molecule has 2 aliphatic heterocycles. The molecule has 2 heterocycles. The number of nitrogens with one attached hydrogen (secondary N) is 1. The predicted octanol–water partition coefficient (Wildman–Crippen LogP) is 0.791. The minimum Gasteiger partial charge on any atom is -0.490 e. The third-order valence-electron chi connectivity index (χ3n) is 3.72. The Hall–Kier alpha value is -1.26. The van der Waals surface area contributed by atoms with E-state index in [0.717, 1.165) is 45.1 Å². The van der Waals surface area contributed by atoms with Crippen molar-refractivity contribution in [3.8, 4) is 5.75 Å². The number of hydrogen-bond donors (Lipinski definition) is 1. The van der Waals surface area contributed by atoms with Gasteiger partial charge in [0.2, 0.25) is 0 Å². The van der Waals surface area contributed by atoms with Crippen molar-refractivity contribution in [3.05, 3.63) is 24.3 Å². The molecule has 0 aliphatic carbocycles. The molecule has 1 saturated heterocycles. The fraction of sp³-hybridized carbons (Fsp3) is 0.571. The van der Waals surface area contributed by atoms with Gasteiger partial charge < -0.3 is 15.0 Å². The van der Waals surface area contributed by atoms with Crippen molar-refractivity contribution in [3.63, 3.8) is 0 Å². The van der Waals surface area contributed by atoms with Crippen LogP contribution in [0.2, 0.25) is 0 Å². The minimum atomic E-state index is 0.804. The Bertz CT molecular complexity index is 390. The topological polar surface area (TPSA) is 27.7 Å². The molecule has 0 radical (unpaired) electrons. The van der Waals surface area contributed by atoms with E-state index in [9.17, 15) is 0 Å². The number of benzene rings is 1. The van der Waals surface area contributed by atoms with Crippen LogP contribution in [0, 0.1) is 0 Å². The molecule has 0 amide bonds. The summed E-state index contributed by atoms with van der Waals surface area (Å²) in [5, 5.41) is 3.39. The van der Waals surface area contributed by atoms with Crippen molar-refractivity contribution < 1.29 is 4.74 Å². The second kappa shape index (κ2) is 5.59. The van der Waals surface area contributed by atoms with Crippen LogP contribution in [0.1, 0.15) is 0 Å². The average molecular weight is 247 g/mol. The summed E-state index contributed by atoms with van der Waals surface area (Å²) in [5.41, 5.74) is 1.25. The van der Waals surface area contributed by atoms with Gasteiger partial charge in [0.25, 0.3) is 0 Å². The van der Waals surface area contributed by atoms with Crippen LogP contribution in [0.3, 0.4) is 0 Å². The van der Waals surface area contributed by atoms with Crippen LogP contribution >= 0.6 is 0 Å². The van der Waals surface area contributed by atoms with E-state index in [2.05, 4.69) is 33.3 Å². The maximum atomic E-state index is 5.68. The highest BCUT2D eigenvalue weighted by atomic mass is 16.5. The predicted molar refractivity (Wildman–Crippen MR) is 73.5 cm³/mol. The van der Waals surface area contributed by atoms with Crippen molar-refractivity contribution in [1.29, 1.82) is 0 Å². The summed E-state index contributed by atoms with van der Waals surface area (Å²) in [5.74, 6) is 1.03. The van der Waals surface area contributed by atoms with E-state index < -0.39 is 0 Å². The minimum absolute atomic E-state index is 0.804. The molecule has 0 spiro atoms. The molecule has 1 N–H and O–H groups in total. The highest BCUT2D eigenvalue weighted by Gasteiger charge is 2.18. The van der Waals surface area contributed by atoms with Gasteiger partial charge in [0.05, 0.1) is 12.2 Å². The summed E-state index contributed by atoms with van der Waals surface area (Å²) in [6, 6.07) is 8.35. The molecule has 0 atom stereocenters. The van der Waals surface area contributed by atoms with E-state index in [1.54, 1.807) is 0 Å². The molecule has 4 heteroatoms. The molecule has 1 aromatic carbocycles. The molecule has 0 bridgehead atoms. The Labute approximate surface area is 109 Å². The quantitative estimate of drug-likeness (QED) is 0.855. The standard InChI is InChI=1S/C14H21N3O/c1-2-4-14-13(3-1)17(11-12-18-14)10-9-16-7-5-15-6-8-16/h1-4,15H,5-12H2. The lowest BCUT2D eigenvalue weighted by Crippen LogP contribution is -2.47. The van der Waals surface area contributed by atoms with Crippen molar-refractivity contribution >= 4 is 5.69 Å². The van der Waals surface area contributed by atoms with E-state index in [1.165, 1.54) is 18.8 Å². The number of anilines is 1. The maximum absolute atomic E-state index is 5.68. The van der Waals surface area contributed by atoms with Crippen molar-refractivity contribution in [2.45, 2.75) is 0 Å². The molecule has 0 saturated carbocycles. The third kappa shape index (κ3) is 2.60. The maximum Gasteiger partial charge on any atom is 0.142 e. The van der Waals surface area contributed by atoms with Gasteiger partial charge in [0.15, 0.2) is 0 Å². The van der Waals surface area contributed by atoms with Gasteiger partial charge in [-0.15, -0.1) is 0 Å². The highest BCUT2D eigenvalue weighted by Crippen LogP contribution is 2.30. The van der Waals surface area contributed by atoms with Gasteiger partial charge in [-0.1, -0.05) is 12.1 Å².